The van der Waals surface area contributed by atoms with E-state index in [-0.39, 0.29) is 5.56 Å². The number of rotatable bonds is 2. The van der Waals surface area contributed by atoms with E-state index in [1.807, 2.05) is 0 Å². The molecule has 0 unspecified atom stereocenters. The first-order valence-electron chi connectivity index (χ1n) is 5.00. The average molecular weight is 264 g/mol. The monoisotopic (exact) mass is 264 g/mol. The molecule has 0 saturated carbocycles. The quantitative estimate of drug-likeness (QED) is 0.802. The lowest BCUT2D eigenvalue weighted by atomic mass is 10.00. The van der Waals surface area contributed by atoms with Crippen molar-refractivity contribution in [3.8, 4) is 0 Å². The van der Waals surface area contributed by atoms with Gasteiger partial charge in [0.05, 0.1) is 0 Å². The molecule has 1 aromatic heterocycles. The predicted molar refractivity (Wildman–Crippen MR) is 56.2 cm³/mol. The van der Waals surface area contributed by atoms with Crippen LogP contribution in [0.25, 0.3) is 10.9 Å². The van der Waals surface area contributed by atoms with Crippen LogP contribution in [0.1, 0.15) is 11.6 Å². The summed E-state index contributed by atoms with van der Waals surface area (Å²) in [6.45, 7) is 0. The molecule has 0 aliphatic heterocycles. The van der Waals surface area contributed by atoms with E-state index in [2.05, 4.69) is 4.98 Å². The van der Waals surface area contributed by atoms with Crippen LogP contribution in [0.2, 0.25) is 0 Å². The van der Waals surface area contributed by atoms with Crippen LogP contribution in [0.4, 0.5) is 22.0 Å². The molecule has 7 heteroatoms. The molecule has 0 spiro atoms. The van der Waals surface area contributed by atoms with Gasteiger partial charge in [0.2, 0.25) is 0 Å². The Morgan fingerprint density at radius 3 is 2.33 bits per heavy atom. The number of nitrogens with two attached hydrogens (primary N) is 1. The third-order valence-electron chi connectivity index (χ3n) is 2.71. The lowest BCUT2D eigenvalue weighted by molar-refractivity contribution is -0.290. The Labute approximate surface area is 98.6 Å². The minimum absolute atomic E-state index is 0.260. The summed E-state index contributed by atoms with van der Waals surface area (Å²) in [5, 5.41) is 0.529. The Morgan fingerprint density at radius 2 is 1.72 bits per heavy atom. The van der Waals surface area contributed by atoms with Gasteiger partial charge in [0, 0.05) is 11.7 Å². The van der Waals surface area contributed by atoms with E-state index in [9.17, 15) is 22.0 Å². The molecule has 0 aliphatic carbocycles. The van der Waals surface area contributed by atoms with Crippen LogP contribution in [0, 0.1) is 0 Å². The van der Waals surface area contributed by atoms with E-state index in [1.165, 1.54) is 12.1 Å². The SMILES string of the molecule is N[C@H](c1ccc2[nH]ccc2c1)C(F)(F)C(F)(F)F. The molecule has 0 aliphatic rings. The van der Waals surface area contributed by atoms with Gasteiger partial charge in [0.15, 0.2) is 0 Å². The van der Waals surface area contributed by atoms with Gasteiger partial charge in [-0.25, -0.2) is 0 Å². The lowest BCUT2D eigenvalue weighted by Gasteiger charge is -2.25. The van der Waals surface area contributed by atoms with Gasteiger partial charge in [-0.15, -0.1) is 0 Å². The molecular formula is C11H9F5N2. The van der Waals surface area contributed by atoms with Gasteiger partial charge < -0.3 is 10.7 Å². The van der Waals surface area contributed by atoms with Crippen molar-refractivity contribution in [2.24, 2.45) is 5.73 Å². The number of nitrogens with one attached hydrogen (secondary N) is 1. The first kappa shape index (κ1) is 12.8. The van der Waals surface area contributed by atoms with Crippen LogP contribution in [0.5, 0.6) is 0 Å². The van der Waals surface area contributed by atoms with E-state index in [0.717, 1.165) is 6.07 Å². The molecule has 0 saturated heterocycles. The van der Waals surface area contributed by atoms with Crippen LogP contribution < -0.4 is 5.73 Å². The number of benzene rings is 1. The Bertz CT molecular complexity index is 558. The standard InChI is InChI=1S/C11H9F5N2/c12-10(13,11(14,15)16)9(17)7-1-2-8-6(5-7)3-4-18-8/h1-5,9,18H,17H2/t9-/m1/s1. The van der Waals surface area contributed by atoms with Gasteiger partial charge in [-0.2, -0.15) is 22.0 Å². The zero-order valence-electron chi connectivity index (χ0n) is 8.93. The summed E-state index contributed by atoms with van der Waals surface area (Å²) in [6.07, 6.45) is -4.11. The highest BCUT2D eigenvalue weighted by Gasteiger charge is 2.61. The van der Waals surface area contributed by atoms with Crippen molar-refractivity contribution < 1.29 is 22.0 Å². The molecule has 98 valence electrons. The Morgan fingerprint density at radius 1 is 1.06 bits per heavy atom. The van der Waals surface area contributed by atoms with Crippen molar-refractivity contribution in [3.63, 3.8) is 0 Å². The van der Waals surface area contributed by atoms with E-state index >= 15 is 0 Å². The highest BCUT2D eigenvalue weighted by atomic mass is 19.4. The fraction of sp³-hybridized carbons (Fsp3) is 0.273. The largest absolute Gasteiger partial charge is 0.455 e. The molecule has 1 atom stereocenters. The maximum atomic E-state index is 13.1. The summed E-state index contributed by atoms with van der Waals surface area (Å²) in [6, 6.07) is 2.94. The zero-order valence-corrected chi connectivity index (χ0v) is 8.93. The van der Waals surface area contributed by atoms with Gasteiger partial charge in [0.1, 0.15) is 6.04 Å². The van der Waals surface area contributed by atoms with Crippen molar-refractivity contribution in [1.82, 2.24) is 4.98 Å². The summed E-state index contributed by atoms with van der Waals surface area (Å²) in [5.41, 5.74) is 5.42. The second kappa shape index (κ2) is 3.94. The summed E-state index contributed by atoms with van der Waals surface area (Å²) < 4.78 is 62.7. The predicted octanol–water partition coefficient (Wildman–Crippen LogP) is 3.37. The van der Waals surface area contributed by atoms with E-state index in [1.54, 1.807) is 12.3 Å². The third kappa shape index (κ3) is 1.94. The first-order valence-corrected chi connectivity index (χ1v) is 5.00. The average Bonchev–Trinajstić information content (AvgIpc) is 2.73. The molecule has 0 bridgehead atoms. The normalized spacial score (nSPS) is 15.0. The number of halogens is 5. The summed E-state index contributed by atoms with van der Waals surface area (Å²) in [7, 11) is 0. The molecule has 2 aromatic rings. The van der Waals surface area contributed by atoms with Crippen LogP contribution in [-0.2, 0) is 0 Å². The minimum atomic E-state index is -5.67. The van der Waals surface area contributed by atoms with Crippen LogP contribution in [-0.4, -0.2) is 17.1 Å². The molecule has 2 rings (SSSR count). The molecule has 0 fully saturated rings. The van der Waals surface area contributed by atoms with Crippen LogP contribution in [0.3, 0.4) is 0 Å². The van der Waals surface area contributed by atoms with Gasteiger partial charge in [0.25, 0.3) is 0 Å². The van der Waals surface area contributed by atoms with Gasteiger partial charge in [-0.05, 0) is 29.1 Å². The molecule has 18 heavy (non-hydrogen) atoms. The molecule has 0 amide bonds. The van der Waals surface area contributed by atoms with Crippen LogP contribution in [0.15, 0.2) is 30.5 Å². The van der Waals surface area contributed by atoms with Crippen molar-refractivity contribution >= 4 is 10.9 Å². The summed E-state index contributed by atoms with van der Waals surface area (Å²) in [4.78, 5) is 2.80. The molecule has 1 aromatic carbocycles. The third-order valence-corrected chi connectivity index (χ3v) is 2.71. The van der Waals surface area contributed by atoms with Crippen molar-refractivity contribution in [1.29, 1.82) is 0 Å². The second-order valence-corrected chi connectivity index (χ2v) is 3.92. The van der Waals surface area contributed by atoms with Gasteiger partial charge in [-0.3, -0.25) is 0 Å². The topological polar surface area (TPSA) is 41.8 Å². The smallest absolute Gasteiger partial charge is 0.361 e. The van der Waals surface area contributed by atoms with Crippen molar-refractivity contribution in [2.45, 2.75) is 18.1 Å². The number of hydrogen-bond acceptors (Lipinski definition) is 1. The Balaban J connectivity index is 2.41. The number of H-pyrrole nitrogens is 1. The number of hydrogen-bond donors (Lipinski definition) is 2. The zero-order chi connectivity index (χ0) is 13.6. The highest BCUT2D eigenvalue weighted by Crippen LogP contribution is 2.43. The number of fused-ring (bicyclic) bond motifs is 1. The molecular weight excluding hydrogens is 255 g/mol. The highest BCUT2D eigenvalue weighted by molar-refractivity contribution is 5.80. The Hall–Kier alpha value is -1.63. The number of aromatic nitrogens is 1. The van der Waals surface area contributed by atoms with Gasteiger partial charge in [-0.1, -0.05) is 6.07 Å². The van der Waals surface area contributed by atoms with Crippen LogP contribution >= 0.6 is 0 Å². The fourth-order valence-electron chi connectivity index (χ4n) is 1.65. The number of aromatic amines is 1. The number of alkyl halides is 5. The Kier molecular flexibility index (Phi) is 2.81. The maximum Gasteiger partial charge on any atom is 0.455 e. The summed E-state index contributed by atoms with van der Waals surface area (Å²) >= 11 is 0. The van der Waals surface area contributed by atoms with Crippen molar-refractivity contribution in [3.05, 3.63) is 36.0 Å². The molecule has 0 radical (unpaired) electrons. The van der Waals surface area contributed by atoms with E-state index in [4.69, 9.17) is 5.73 Å². The van der Waals surface area contributed by atoms with E-state index < -0.39 is 18.1 Å². The first-order chi connectivity index (χ1) is 8.23. The minimum Gasteiger partial charge on any atom is -0.361 e. The summed E-state index contributed by atoms with van der Waals surface area (Å²) in [5.74, 6) is -4.96. The second-order valence-electron chi connectivity index (χ2n) is 3.92. The molecule has 3 N–H and O–H groups in total. The lowest BCUT2D eigenvalue weighted by Crippen LogP contribution is -2.45. The molecule has 2 nitrogen and oxygen atoms in total. The maximum absolute atomic E-state index is 13.1. The van der Waals surface area contributed by atoms with E-state index in [0.29, 0.717) is 10.9 Å². The van der Waals surface area contributed by atoms with Gasteiger partial charge >= 0.3 is 12.1 Å². The molecule has 1 heterocycles. The fourth-order valence-corrected chi connectivity index (χ4v) is 1.65. The van der Waals surface area contributed by atoms with Crippen molar-refractivity contribution in [2.75, 3.05) is 0 Å².